The lowest BCUT2D eigenvalue weighted by Crippen LogP contribution is -2.49. The van der Waals surface area contributed by atoms with Gasteiger partial charge in [0, 0.05) is 43.0 Å². The maximum absolute atomic E-state index is 13.6. The number of anilines is 1. The molecule has 1 aliphatic heterocycles. The van der Waals surface area contributed by atoms with Crippen LogP contribution in [0.5, 0.6) is 0 Å². The summed E-state index contributed by atoms with van der Waals surface area (Å²) in [6.45, 7) is 3.34. The first-order valence-corrected chi connectivity index (χ1v) is 11.7. The highest BCUT2D eigenvalue weighted by molar-refractivity contribution is 6.30. The first-order chi connectivity index (χ1) is 17.2. The van der Waals surface area contributed by atoms with E-state index >= 15 is 0 Å². The predicted molar refractivity (Wildman–Crippen MR) is 131 cm³/mol. The Morgan fingerprint density at radius 1 is 0.944 bits per heavy atom. The molecule has 0 saturated carbocycles. The number of carbonyl (C=O) groups excluding carboxylic acids is 1. The quantitative estimate of drug-likeness (QED) is 0.331. The Bertz CT molecular complexity index is 1400. The summed E-state index contributed by atoms with van der Waals surface area (Å²) in [6.07, 6.45) is -4.41. The maximum atomic E-state index is 13.6. The summed E-state index contributed by atoms with van der Waals surface area (Å²) < 4.78 is 46.6. The number of alkyl halides is 3. The van der Waals surface area contributed by atoms with Crippen molar-refractivity contribution in [2.75, 3.05) is 31.1 Å². The Morgan fingerprint density at radius 3 is 2.33 bits per heavy atom. The lowest BCUT2D eigenvalue weighted by atomic mass is 10.1. The Labute approximate surface area is 210 Å². The van der Waals surface area contributed by atoms with E-state index in [1.165, 1.54) is 6.07 Å². The van der Waals surface area contributed by atoms with Gasteiger partial charge < -0.3 is 14.2 Å². The van der Waals surface area contributed by atoms with Crippen molar-refractivity contribution in [3.05, 3.63) is 88.8 Å². The van der Waals surface area contributed by atoms with Gasteiger partial charge in [0.2, 0.25) is 0 Å². The minimum atomic E-state index is -4.41. The average molecular weight is 515 g/mol. The van der Waals surface area contributed by atoms with Gasteiger partial charge in [0.05, 0.1) is 11.3 Å². The van der Waals surface area contributed by atoms with E-state index in [0.29, 0.717) is 59.7 Å². The molecule has 1 saturated heterocycles. The number of nitrogens with zero attached hydrogens (tertiary/aromatic N) is 4. The third kappa shape index (κ3) is 4.83. The zero-order valence-corrected chi connectivity index (χ0v) is 20.1. The van der Waals surface area contributed by atoms with E-state index in [4.69, 9.17) is 16.0 Å². The summed E-state index contributed by atoms with van der Waals surface area (Å²) in [5.41, 5.74) is 1.27. The van der Waals surface area contributed by atoms with Gasteiger partial charge in [0.25, 0.3) is 5.91 Å². The number of hydrogen-bond acceptors (Lipinski definition) is 4. The highest BCUT2D eigenvalue weighted by Crippen LogP contribution is 2.32. The monoisotopic (exact) mass is 514 g/mol. The molecule has 0 spiro atoms. The van der Waals surface area contributed by atoms with Crippen molar-refractivity contribution in [3.8, 4) is 17.1 Å². The van der Waals surface area contributed by atoms with Crippen LogP contribution in [0.2, 0.25) is 5.02 Å². The first kappa shape index (κ1) is 24.0. The van der Waals surface area contributed by atoms with E-state index in [9.17, 15) is 18.0 Å². The van der Waals surface area contributed by atoms with E-state index in [1.54, 1.807) is 52.0 Å². The van der Waals surface area contributed by atoms with Gasteiger partial charge >= 0.3 is 6.18 Å². The van der Waals surface area contributed by atoms with Crippen LogP contribution in [0.25, 0.3) is 17.1 Å². The van der Waals surface area contributed by atoms with Crippen molar-refractivity contribution in [2.45, 2.75) is 13.1 Å². The summed E-state index contributed by atoms with van der Waals surface area (Å²) in [4.78, 5) is 17.1. The predicted octanol–water partition coefficient (Wildman–Crippen LogP) is 6.08. The van der Waals surface area contributed by atoms with Crippen LogP contribution < -0.4 is 4.90 Å². The van der Waals surface area contributed by atoms with E-state index in [1.807, 2.05) is 17.9 Å². The molecule has 2 aromatic heterocycles. The molecule has 4 aromatic rings. The second-order valence-corrected chi connectivity index (χ2v) is 8.98. The molecule has 5 rings (SSSR count). The molecule has 0 aliphatic carbocycles. The highest BCUT2D eigenvalue weighted by atomic mass is 35.5. The number of aromatic nitrogens is 2. The highest BCUT2D eigenvalue weighted by Gasteiger charge is 2.32. The number of amides is 1. The average Bonchev–Trinajstić information content (AvgIpc) is 3.50. The van der Waals surface area contributed by atoms with Crippen LogP contribution in [0.4, 0.5) is 18.9 Å². The molecule has 1 aliphatic rings. The van der Waals surface area contributed by atoms with Gasteiger partial charge in [-0.05, 0) is 55.5 Å². The molecule has 1 amide bonds. The normalized spacial score (nSPS) is 14.4. The fraction of sp³-hybridized carbons (Fsp3) is 0.231. The van der Waals surface area contributed by atoms with Gasteiger partial charge in [0.15, 0.2) is 5.76 Å². The Hall–Kier alpha value is -3.72. The van der Waals surface area contributed by atoms with Gasteiger partial charge in [-0.3, -0.25) is 4.79 Å². The zero-order valence-electron chi connectivity index (χ0n) is 19.3. The number of halogens is 4. The molecule has 3 heterocycles. The molecule has 6 nitrogen and oxygen atoms in total. The second-order valence-electron chi connectivity index (χ2n) is 8.54. The number of furan rings is 1. The van der Waals surface area contributed by atoms with Gasteiger partial charge in [0.1, 0.15) is 17.1 Å². The molecule has 1 fully saturated rings. The Morgan fingerprint density at radius 2 is 1.67 bits per heavy atom. The second kappa shape index (κ2) is 9.39. The molecule has 0 bridgehead atoms. The Kier molecular flexibility index (Phi) is 6.26. The van der Waals surface area contributed by atoms with Crippen LogP contribution in [-0.4, -0.2) is 46.8 Å². The van der Waals surface area contributed by atoms with Crippen molar-refractivity contribution < 1.29 is 22.4 Å². The summed E-state index contributed by atoms with van der Waals surface area (Å²) in [7, 11) is 0. The fourth-order valence-electron chi connectivity index (χ4n) is 4.24. The molecule has 10 heteroatoms. The van der Waals surface area contributed by atoms with Crippen LogP contribution in [-0.2, 0) is 6.18 Å². The van der Waals surface area contributed by atoms with Gasteiger partial charge in [-0.1, -0.05) is 23.7 Å². The number of rotatable bonds is 4. The summed E-state index contributed by atoms with van der Waals surface area (Å²) in [5.74, 6) is 1.03. The van der Waals surface area contributed by atoms with E-state index in [-0.39, 0.29) is 5.91 Å². The largest absolute Gasteiger partial charge is 0.460 e. The maximum Gasteiger partial charge on any atom is 0.416 e. The third-order valence-corrected chi connectivity index (χ3v) is 6.31. The lowest BCUT2D eigenvalue weighted by molar-refractivity contribution is -0.137. The van der Waals surface area contributed by atoms with Gasteiger partial charge in [-0.2, -0.15) is 18.3 Å². The van der Waals surface area contributed by atoms with Crippen LogP contribution in [0.3, 0.4) is 0 Å². The minimum absolute atomic E-state index is 0.235. The molecule has 186 valence electrons. The minimum Gasteiger partial charge on any atom is -0.460 e. The molecular weight excluding hydrogens is 493 g/mol. The van der Waals surface area contributed by atoms with Crippen molar-refractivity contribution in [3.63, 3.8) is 0 Å². The molecule has 0 atom stereocenters. The van der Waals surface area contributed by atoms with Crippen LogP contribution in [0.1, 0.15) is 21.8 Å². The van der Waals surface area contributed by atoms with Crippen LogP contribution in [0, 0.1) is 6.92 Å². The van der Waals surface area contributed by atoms with Crippen LogP contribution in [0.15, 0.2) is 71.1 Å². The molecule has 0 N–H and O–H groups in total. The summed E-state index contributed by atoms with van der Waals surface area (Å²) in [6, 6.07) is 17.6. The Balaban J connectivity index is 1.39. The number of carbonyl (C=O) groups is 1. The van der Waals surface area contributed by atoms with Crippen molar-refractivity contribution in [1.29, 1.82) is 0 Å². The van der Waals surface area contributed by atoms with Gasteiger partial charge in [-0.15, -0.1) is 0 Å². The van der Waals surface area contributed by atoms with Crippen molar-refractivity contribution in [2.24, 2.45) is 0 Å². The van der Waals surface area contributed by atoms with E-state index in [2.05, 4.69) is 5.10 Å². The molecular formula is C26H22ClF3N4O2. The summed E-state index contributed by atoms with van der Waals surface area (Å²) >= 11 is 6.19. The molecule has 36 heavy (non-hydrogen) atoms. The summed E-state index contributed by atoms with van der Waals surface area (Å²) in [5, 5.41) is 5.12. The third-order valence-electron chi connectivity index (χ3n) is 6.08. The SMILES string of the molecule is Cc1ccc(-c2cc(C(=O)N3CCN(c4cccc(C(F)(F)F)c4)CC3)n(-c3cccc(Cl)c3)n2)o1. The molecule has 0 unspecified atom stereocenters. The molecule has 0 radical (unpaired) electrons. The van der Waals surface area contributed by atoms with Crippen molar-refractivity contribution in [1.82, 2.24) is 14.7 Å². The van der Waals surface area contributed by atoms with Crippen molar-refractivity contribution >= 4 is 23.2 Å². The standard InChI is InChI=1S/C26H22ClF3N4O2/c1-17-8-9-24(36-17)22-16-23(34(31-22)21-7-3-5-19(27)15-21)25(35)33-12-10-32(11-13-33)20-6-2-4-18(14-20)26(28,29)30/h2-9,14-16H,10-13H2,1H3. The molecule has 2 aromatic carbocycles. The lowest BCUT2D eigenvalue weighted by Gasteiger charge is -2.36. The zero-order chi connectivity index (χ0) is 25.4. The first-order valence-electron chi connectivity index (χ1n) is 11.3. The smallest absolute Gasteiger partial charge is 0.416 e. The number of hydrogen-bond donors (Lipinski definition) is 0. The number of aryl methyl sites for hydroxylation is 1. The number of benzene rings is 2. The number of piperazine rings is 1. The fourth-order valence-corrected chi connectivity index (χ4v) is 4.42. The topological polar surface area (TPSA) is 54.5 Å². The van der Waals surface area contributed by atoms with Gasteiger partial charge in [-0.25, -0.2) is 4.68 Å². The van der Waals surface area contributed by atoms with E-state index in [0.717, 1.165) is 17.9 Å². The van der Waals surface area contributed by atoms with E-state index < -0.39 is 11.7 Å². The van der Waals surface area contributed by atoms with Crippen LogP contribution >= 0.6 is 11.6 Å².